The molecule has 0 saturated heterocycles. The van der Waals surface area contributed by atoms with Crippen molar-refractivity contribution in [3.8, 4) is 11.5 Å². The van der Waals surface area contributed by atoms with Crippen LogP contribution >= 0.6 is 23.5 Å². The van der Waals surface area contributed by atoms with Gasteiger partial charge in [-0.3, -0.25) is 4.79 Å². The first-order chi connectivity index (χ1) is 11.5. The van der Waals surface area contributed by atoms with Crippen LogP contribution < -0.4 is 5.32 Å². The molecular formula is C18H21NO3S2. The second-order valence-electron chi connectivity index (χ2n) is 5.38. The van der Waals surface area contributed by atoms with Crippen LogP contribution in [-0.4, -0.2) is 34.2 Å². The van der Waals surface area contributed by atoms with E-state index in [-0.39, 0.29) is 11.7 Å². The Bertz CT molecular complexity index is 719. The predicted octanol–water partition coefficient (Wildman–Crippen LogP) is 3.72. The molecule has 0 radical (unpaired) electrons. The maximum absolute atomic E-state index is 11.9. The Hall–Kier alpha value is -1.79. The van der Waals surface area contributed by atoms with Gasteiger partial charge in [0, 0.05) is 22.1 Å². The van der Waals surface area contributed by atoms with Gasteiger partial charge in [0.15, 0.2) is 0 Å². The van der Waals surface area contributed by atoms with E-state index in [1.54, 1.807) is 23.9 Å². The summed E-state index contributed by atoms with van der Waals surface area (Å²) in [5, 5.41) is 21.9. The van der Waals surface area contributed by atoms with Crippen molar-refractivity contribution in [3.05, 3.63) is 47.5 Å². The zero-order valence-electron chi connectivity index (χ0n) is 13.7. The predicted molar refractivity (Wildman–Crippen MR) is 100 cm³/mol. The number of phenolic OH excluding ortho intramolecular Hbond substituents is 2. The van der Waals surface area contributed by atoms with E-state index < -0.39 is 0 Å². The minimum atomic E-state index is -0.00628. The molecule has 3 N–H and O–H groups in total. The maximum Gasteiger partial charge on any atom is 0.230 e. The fourth-order valence-corrected chi connectivity index (χ4v) is 3.68. The fourth-order valence-electron chi connectivity index (χ4n) is 1.99. The molecule has 0 fully saturated rings. The molecule has 4 nitrogen and oxygen atoms in total. The number of hydrogen-bond donors (Lipinski definition) is 3. The van der Waals surface area contributed by atoms with Gasteiger partial charge in [-0.25, -0.2) is 0 Å². The average Bonchev–Trinajstić information content (AvgIpc) is 2.56. The molecular weight excluding hydrogens is 342 g/mol. The van der Waals surface area contributed by atoms with E-state index in [1.165, 1.54) is 11.8 Å². The van der Waals surface area contributed by atoms with Crippen LogP contribution in [0.25, 0.3) is 0 Å². The van der Waals surface area contributed by atoms with E-state index in [4.69, 9.17) is 0 Å². The van der Waals surface area contributed by atoms with Gasteiger partial charge < -0.3 is 15.5 Å². The molecule has 0 bridgehead atoms. The lowest BCUT2D eigenvalue weighted by molar-refractivity contribution is -0.118. The summed E-state index contributed by atoms with van der Waals surface area (Å²) in [7, 11) is 0. The van der Waals surface area contributed by atoms with Gasteiger partial charge in [0.25, 0.3) is 0 Å². The molecule has 2 rings (SSSR count). The van der Waals surface area contributed by atoms with Crippen LogP contribution in [-0.2, 0) is 4.79 Å². The zero-order valence-corrected chi connectivity index (χ0v) is 15.3. The summed E-state index contributed by atoms with van der Waals surface area (Å²) in [4.78, 5) is 13.9. The molecule has 0 heterocycles. The number of carbonyl (C=O) groups is 1. The average molecular weight is 364 g/mol. The van der Waals surface area contributed by atoms with Crippen molar-refractivity contribution in [2.75, 3.05) is 18.1 Å². The summed E-state index contributed by atoms with van der Waals surface area (Å²) in [5.41, 5.74) is 1.66. The molecule has 2 aromatic rings. The van der Waals surface area contributed by atoms with Gasteiger partial charge >= 0.3 is 0 Å². The third-order valence-electron chi connectivity index (χ3n) is 3.40. The van der Waals surface area contributed by atoms with Crippen molar-refractivity contribution in [1.29, 1.82) is 0 Å². The summed E-state index contributed by atoms with van der Waals surface area (Å²) >= 11 is 3.09. The first-order valence-corrected chi connectivity index (χ1v) is 9.54. The number of aryl methyl sites for hydroxylation is 2. The van der Waals surface area contributed by atoms with E-state index in [0.29, 0.717) is 18.0 Å². The van der Waals surface area contributed by atoms with Crippen molar-refractivity contribution >= 4 is 29.4 Å². The lowest BCUT2D eigenvalue weighted by Gasteiger charge is -2.07. The van der Waals surface area contributed by atoms with E-state index >= 15 is 0 Å². The molecule has 0 spiro atoms. The molecule has 0 unspecified atom stereocenters. The van der Waals surface area contributed by atoms with Crippen molar-refractivity contribution < 1.29 is 15.0 Å². The fraction of sp³-hybridized carbons (Fsp3) is 0.278. The van der Waals surface area contributed by atoms with Crippen LogP contribution in [0.4, 0.5) is 0 Å². The Kier molecular flexibility index (Phi) is 6.87. The smallest absolute Gasteiger partial charge is 0.230 e. The number of benzene rings is 2. The Morgan fingerprint density at radius 1 is 0.958 bits per heavy atom. The number of phenols is 2. The van der Waals surface area contributed by atoms with Crippen LogP contribution in [0.5, 0.6) is 11.5 Å². The maximum atomic E-state index is 11.9. The van der Waals surface area contributed by atoms with E-state index in [2.05, 4.69) is 5.32 Å². The molecule has 24 heavy (non-hydrogen) atoms. The minimum absolute atomic E-state index is 0.00628. The normalized spacial score (nSPS) is 10.6. The summed E-state index contributed by atoms with van der Waals surface area (Å²) in [5.74, 6) is 1.69. The van der Waals surface area contributed by atoms with Gasteiger partial charge in [-0.2, -0.15) is 0 Å². The molecule has 2 aromatic carbocycles. The Balaban J connectivity index is 1.67. The van der Waals surface area contributed by atoms with Crippen molar-refractivity contribution in [1.82, 2.24) is 5.32 Å². The molecule has 1 amide bonds. The van der Waals surface area contributed by atoms with Crippen LogP contribution in [0.15, 0.2) is 46.2 Å². The lowest BCUT2D eigenvalue weighted by Crippen LogP contribution is -2.27. The van der Waals surface area contributed by atoms with Crippen LogP contribution in [0.1, 0.15) is 11.1 Å². The lowest BCUT2D eigenvalue weighted by atomic mass is 10.2. The first kappa shape index (κ1) is 18.5. The standard InChI is InChI=1S/C18H21NO3S2/c1-12-9-14(3-5-16(12)20)23-8-7-19-18(22)11-24-15-4-6-17(21)13(2)10-15/h3-6,9-10,20-21H,7-8,11H2,1-2H3,(H,19,22). The number of rotatable bonds is 7. The monoisotopic (exact) mass is 363 g/mol. The largest absolute Gasteiger partial charge is 0.508 e. The van der Waals surface area contributed by atoms with Gasteiger partial charge in [-0.15, -0.1) is 23.5 Å². The summed E-state index contributed by atoms with van der Waals surface area (Å²) < 4.78 is 0. The number of carbonyl (C=O) groups excluding carboxylic acids is 1. The molecule has 0 saturated carbocycles. The molecule has 128 valence electrons. The molecule has 6 heteroatoms. The number of thioether (sulfide) groups is 2. The highest BCUT2D eigenvalue weighted by molar-refractivity contribution is 8.00. The molecule has 0 aromatic heterocycles. The Morgan fingerprint density at radius 2 is 1.50 bits per heavy atom. The van der Waals surface area contributed by atoms with Gasteiger partial charge in [0.05, 0.1) is 5.75 Å². The third-order valence-corrected chi connectivity index (χ3v) is 5.39. The van der Waals surface area contributed by atoms with E-state index in [9.17, 15) is 15.0 Å². The second-order valence-corrected chi connectivity index (χ2v) is 7.60. The Morgan fingerprint density at radius 3 is 2.04 bits per heavy atom. The highest BCUT2D eigenvalue weighted by atomic mass is 32.2. The van der Waals surface area contributed by atoms with Gasteiger partial charge in [0.2, 0.25) is 5.91 Å². The molecule has 0 aliphatic carbocycles. The SMILES string of the molecule is Cc1cc(SCCNC(=O)CSc2ccc(O)c(C)c2)ccc1O. The summed E-state index contributed by atoms with van der Waals surface area (Å²) in [6.07, 6.45) is 0. The van der Waals surface area contributed by atoms with Gasteiger partial charge in [0.1, 0.15) is 11.5 Å². The third kappa shape index (κ3) is 5.69. The van der Waals surface area contributed by atoms with Gasteiger partial charge in [-0.1, -0.05) is 0 Å². The van der Waals surface area contributed by atoms with Crippen LogP contribution in [0.3, 0.4) is 0 Å². The second kappa shape index (κ2) is 8.89. The molecule has 0 aliphatic heterocycles. The highest BCUT2D eigenvalue weighted by Gasteiger charge is 2.05. The summed E-state index contributed by atoms with van der Waals surface area (Å²) in [6.45, 7) is 4.30. The quantitative estimate of drug-likeness (QED) is 0.517. The number of hydrogen-bond acceptors (Lipinski definition) is 5. The van der Waals surface area contributed by atoms with Crippen molar-refractivity contribution in [2.24, 2.45) is 0 Å². The number of nitrogens with one attached hydrogen (secondary N) is 1. The molecule has 0 atom stereocenters. The topological polar surface area (TPSA) is 69.6 Å². The summed E-state index contributed by atoms with van der Waals surface area (Å²) in [6, 6.07) is 10.8. The minimum Gasteiger partial charge on any atom is -0.508 e. The first-order valence-electron chi connectivity index (χ1n) is 7.57. The number of amides is 1. The van der Waals surface area contributed by atoms with E-state index in [1.807, 2.05) is 38.1 Å². The highest BCUT2D eigenvalue weighted by Crippen LogP contribution is 2.25. The van der Waals surface area contributed by atoms with Crippen LogP contribution in [0.2, 0.25) is 0 Å². The Labute approximate surface area is 150 Å². The number of aromatic hydroxyl groups is 2. The van der Waals surface area contributed by atoms with Crippen molar-refractivity contribution in [3.63, 3.8) is 0 Å². The molecule has 0 aliphatic rings. The zero-order chi connectivity index (χ0) is 17.5. The van der Waals surface area contributed by atoms with Crippen molar-refractivity contribution in [2.45, 2.75) is 23.6 Å². The van der Waals surface area contributed by atoms with E-state index in [0.717, 1.165) is 26.7 Å². The van der Waals surface area contributed by atoms with Crippen LogP contribution in [0, 0.1) is 13.8 Å². The van der Waals surface area contributed by atoms with Gasteiger partial charge in [-0.05, 0) is 61.4 Å².